The van der Waals surface area contributed by atoms with Crippen LogP contribution in [0.3, 0.4) is 0 Å². The Balaban J connectivity index is 1.90. The zero-order chi connectivity index (χ0) is 16.4. The van der Waals surface area contributed by atoms with Crippen LogP contribution in [-0.2, 0) is 11.2 Å². The Hall–Kier alpha value is -1.46. The van der Waals surface area contributed by atoms with E-state index in [1.54, 1.807) is 0 Å². The minimum absolute atomic E-state index is 0.000972. The van der Waals surface area contributed by atoms with Gasteiger partial charge in [-0.3, -0.25) is 4.79 Å². The van der Waals surface area contributed by atoms with E-state index in [-0.39, 0.29) is 17.7 Å². The number of carbonyl (C=O) groups is 1. The predicted molar refractivity (Wildman–Crippen MR) is 88.5 cm³/mol. The third-order valence-electron chi connectivity index (χ3n) is 4.78. The van der Waals surface area contributed by atoms with Gasteiger partial charge < -0.3 is 15.4 Å². The van der Waals surface area contributed by atoms with Gasteiger partial charge in [0.2, 0.25) is 0 Å². The molecule has 4 nitrogen and oxygen atoms in total. The minimum Gasteiger partial charge on any atom is -0.382 e. The van der Waals surface area contributed by atoms with Crippen LogP contribution >= 0.6 is 0 Å². The van der Waals surface area contributed by atoms with Crippen LogP contribution in [0.25, 0.3) is 0 Å². The second-order valence-corrected chi connectivity index (χ2v) is 6.92. The van der Waals surface area contributed by atoms with Crippen molar-refractivity contribution in [3.63, 3.8) is 0 Å². The maximum absolute atomic E-state index is 14.3. The fourth-order valence-electron chi connectivity index (χ4n) is 3.49. The summed E-state index contributed by atoms with van der Waals surface area (Å²) >= 11 is 0. The van der Waals surface area contributed by atoms with Gasteiger partial charge in [0.05, 0.1) is 23.8 Å². The van der Waals surface area contributed by atoms with Gasteiger partial charge in [-0.15, -0.1) is 0 Å². The minimum atomic E-state index is -0.588. The third-order valence-corrected chi connectivity index (χ3v) is 4.78. The number of anilines is 1. The molecule has 1 fully saturated rings. The Morgan fingerprint density at radius 1 is 1.39 bits per heavy atom. The van der Waals surface area contributed by atoms with Gasteiger partial charge >= 0.3 is 0 Å². The molecule has 0 aromatic heterocycles. The molecule has 2 N–H and O–H groups in total. The first-order valence-corrected chi connectivity index (χ1v) is 8.45. The Morgan fingerprint density at radius 3 is 2.91 bits per heavy atom. The number of benzene rings is 1. The SMILES string of the molecule is CC(C)OCC1(C(=O)c2cc(F)c3c(c2)CCN3)CCCNC1. The lowest BCUT2D eigenvalue weighted by Crippen LogP contribution is -2.49. The maximum Gasteiger partial charge on any atom is 0.172 e. The lowest BCUT2D eigenvalue weighted by molar-refractivity contribution is 0.00232. The number of nitrogens with one attached hydrogen (secondary N) is 2. The number of fused-ring (bicyclic) bond motifs is 1. The lowest BCUT2D eigenvalue weighted by atomic mass is 9.75. The number of rotatable bonds is 5. The molecule has 1 aromatic rings. The van der Waals surface area contributed by atoms with Crippen molar-refractivity contribution in [1.82, 2.24) is 5.32 Å². The normalized spacial score (nSPS) is 23.7. The molecule has 0 aliphatic carbocycles. The fourth-order valence-corrected chi connectivity index (χ4v) is 3.49. The van der Waals surface area contributed by atoms with Crippen molar-refractivity contribution in [3.05, 3.63) is 29.1 Å². The van der Waals surface area contributed by atoms with E-state index in [1.165, 1.54) is 6.07 Å². The summed E-state index contributed by atoms with van der Waals surface area (Å²) in [5.74, 6) is -0.328. The molecular weight excluding hydrogens is 295 g/mol. The van der Waals surface area contributed by atoms with Crippen LogP contribution in [0, 0.1) is 11.2 Å². The van der Waals surface area contributed by atoms with Gasteiger partial charge in [0, 0.05) is 18.7 Å². The molecule has 1 unspecified atom stereocenters. The number of Topliss-reactive ketones (excluding diaryl/α,β-unsaturated/α-hetero) is 1. The molecular formula is C18H25FN2O2. The molecule has 1 saturated heterocycles. The van der Waals surface area contributed by atoms with Crippen molar-refractivity contribution < 1.29 is 13.9 Å². The van der Waals surface area contributed by atoms with Crippen molar-refractivity contribution >= 4 is 11.5 Å². The standard InChI is InChI=1S/C18H25FN2O2/c1-12(2)23-11-18(5-3-6-20-10-18)17(22)14-8-13-4-7-21-16(13)15(19)9-14/h8-9,12,20-21H,3-7,10-11H2,1-2H3. The molecule has 2 heterocycles. The number of carbonyl (C=O) groups excluding carboxylic acids is 1. The van der Waals surface area contributed by atoms with E-state index in [0.717, 1.165) is 37.9 Å². The second kappa shape index (κ2) is 6.57. The second-order valence-electron chi connectivity index (χ2n) is 6.92. The summed E-state index contributed by atoms with van der Waals surface area (Å²) in [6.45, 7) is 6.56. The number of ketones is 1. The first-order chi connectivity index (χ1) is 11.0. The van der Waals surface area contributed by atoms with Crippen LogP contribution < -0.4 is 10.6 Å². The largest absolute Gasteiger partial charge is 0.382 e. The first-order valence-electron chi connectivity index (χ1n) is 8.45. The van der Waals surface area contributed by atoms with Crippen LogP contribution in [0.15, 0.2) is 12.1 Å². The van der Waals surface area contributed by atoms with Gasteiger partial charge in [0.15, 0.2) is 5.78 Å². The van der Waals surface area contributed by atoms with Crippen LogP contribution in [0.2, 0.25) is 0 Å². The highest BCUT2D eigenvalue weighted by molar-refractivity contribution is 6.01. The topological polar surface area (TPSA) is 50.4 Å². The molecule has 1 aromatic carbocycles. The monoisotopic (exact) mass is 320 g/mol. The molecule has 0 radical (unpaired) electrons. The van der Waals surface area contributed by atoms with Crippen molar-refractivity contribution in [1.29, 1.82) is 0 Å². The molecule has 3 rings (SSSR count). The predicted octanol–water partition coefficient (Wildman–Crippen LogP) is 2.77. The van der Waals surface area contributed by atoms with Gasteiger partial charge in [-0.1, -0.05) is 0 Å². The van der Waals surface area contributed by atoms with Crippen LogP contribution in [0.1, 0.15) is 42.6 Å². The molecule has 1 atom stereocenters. The highest BCUT2D eigenvalue weighted by Crippen LogP contribution is 2.34. The molecule has 0 bridgehead atoms. The van der Waals surface area contributed by atoms with E-state index in [0.29, 0.717) is 24.4 Å². The quantitative estimate of drug-likeness (QED) is 0.819. The van der Waals surface area contributed by atoms with Gasteiger partial charge in [-0.25, -0.2) is 4.39 Å². The summed E-state index contributed by atoms with van der Waals surface area (Å²) in [5, 5.41) is 6.35. The molecule has 2 aliphatic rings. The number of hydrogen-bond donors (Lipinski definition) is 2. The van der Waals surface area contributed by atoms with Crippen LogP contribution in [0.5, 0.6) is 0 Å². The molecule has 5 heteroatoms. The summed E-state index contributed by atoms with van der Waals surface area (Å²) in [6.07, 6.45) is 2.55. The zero-order valence-electron chi connectivity index (χ0n) is 13.9. The van der Waals surface area contributed by atoms with E-state index in [2.05, 4.69) is 10.6 Å². The number of piperidine rings is 1. The average molecular weight is 320 g/mol. The van der Waals surface area contributed by atoms with E-state index < -0.39 is 5.41 Å². The van der Waals surface area contributed by atoms with Crippen LogP contribution in [-0.4, -0.2) is 38.1 Å². The number of hydrogen-bond acceptors (Lipinski definition) is 4. The Labute approximate surface area is 136 Å². The Kier molecular flexibility index (Phi) is 4.69. The summed E-state index contributed by atoms with van der Waals surface area (Å²) < 4.78 is 20.0. The molecule has 23 heavy (non-hydrogen) atoms. The molecule has 2 aliphatic heterocycles. The van der Waals surface area contributed by atoms with Crippen molar-refractivity contribution in [2.45, 2.75) is 39.2 Å². The fraction of sp³-hybridized carbons (Fsp3) is 0.611. The van der Waals surface area contributed by atoms with E-state index in [1.807, 2.05) is 19.9 Å². The van der Waals surface area contributed by atoms with E-state index in [9.17, 15) is 9.18 Å². The third kappa shape index (κ3) is 3.26. The smallest absolute Gasteiger partial charge is 0.172 e. The number of ether oxygens (including phenoxy) is 1. The summed E-state index contributed by atoms with van der Waals surface area (Å²) in [6, 6.07) is 3.23. The lowest BCUT2D eigenvalue weighted by Gasteiger charge is -2.36. The van der Waals surface area contributed by atoms with Crippen molar-refractivity contribution in [3.8, 4) is 0 Å². The molecule has 0 saturated carbocycles. The van der Waals surface area contributed by atoms with Gasteiger partial charge in [-0.05, 0) is 57.4 Å². The van der Waals surface area contributed by atoms with Crippen molar-refractivity contribution in [2.24, 2.45) is 5.41 Å². The Morgan fingerprint density at radius 2 is 2.22 bits per heavy atom. The van der Waals surface area contributed by atoms with E-state index in [4.69, 9.17) is 4.74 Å². The van der Waals surface area contributed by atoms with Crippen molar-refractivity contribution in [2.75, 3.05) is 31.6 Å². The number of halogens is 1. The first kappa shape index (κ1) is 16.4. The molecule has 126 valence electrons. The van der Waals surface area contributed by atoms with Gasteiger partial charge in [0.25, 0.3) is 0 Å². The van der Waals surface area contributed by atoms with Crippen LogP contribution in [0.4, 0.5) is 10.1 Å². The Bertz CT molecular complexity index is 595. The molecule has 0 amide bonds. The highest BCUT2D eigenvalue weighted by atomic mass is 19.1. The summed E-state index contributed by atoms with van der Waals surface area (Å²) in [4.78, 5) is 13.2. The van der Waals surface area contributed by atoms with E-state index >= 15 is 0 Å². The highest BCUT2D eigenvalue weighted by Gasteiger charge is 2.41. The summed E-state index contributed by atoms with van der Waals surface area (Å²) in [5.41, 5.74) is 1.34. The summed E-state index contributed by atoms with van der Waals surface area (Å²) in [7, 11) is 0. The average Bonchev–Trinajstić information content (AvgIpc) is 3.02. The van der Waals surface area contributed by atoms with Gasteiger partial charge in [-0.2, -0.15) is 0 Å². The zero-order valence-corrected chi connectivity index (χ0v) is 13.9. The van der Waals surface area contributed by atoms with Gasteiger partial charge in [0.1, 0.15) is 5.82 Å². The molecule has 0 spiro atoms. The maximum atomic E-state index is 14.3.